The summed E-state index contributed by atoms with van der Waals surface area (Å²) in [5.74, 6) is -1.69. The summed E-state index contributed by atoms with van der Waals surface area (Å²) < 4.78 is 28.1. The molecule has 1 aromatic heterocycles. The van der Waals surface area contributed by atoms with E-state index in [1.165, 1.54) is 29.5 Å². The summed E-state index contributed by atoms with van der Waals surface area (Å²) in [5, 5.41) is 4.93. The normalized spacial score (nSPS) is 12.6. The van der Waals surface area contributed by atoms with Gasteiger partial charge in [0.15, 0.2) is 5.13 Å². The van der Waals surface area contributed by atoms with Crippen molar-refractivity contribution in [3.8, 4) is 0 Å². The van der Waals surface area contributed by atoms with Gasteiger partial charge in [0.05, 0.1) is 22.5 Å². The molecule has 4 nitrogen and oxygen atoms in total. The fourth-order valence-corrected chi connectivity index (χ4v) is 3.30. The maximum atomic E-state index is 14.0. The molecule has 0 radical (unpaired) electrons. The molecule has 0 saturated heterocycles. The van der Waals surface area contributed by atoms with Gasteiger partial charge >= 0.3 is 0 Å². The van der Waals surface area contributed by atoms with Crippen molar-refractivity contribution in [1.29, 1.82) is 0 Å². The van der Waals surface area contributed by atoms with Gasteiger partial charge in [0.2, 0.25) is 0 Å². The van der Waals surface area contributed by atoms with Gasteiger partial charge in [-0.1, -0.05) is 18.2 Å². The number of rotatable bonds is 3. The van der Waals surface area contributed by atoms with E-state index in [0.29, 0.717) is 16.4 Å². The summed E-state index contributed by atoms with van der Waals surface area (Å²) in [6, 6.07) is 8.85. The quantitative estimate of drug-likeness (QED) is 0.759. The first-order chi connectivity index (χ1) is 12.1. The van der Waals surface area contributed by atoms with Crippen molar-refractivity contribution in [2.24, 2.45) is 4.99 Å². The van der Waals surface area contributed by atoms with Gasteiger partial charge in [-0.25, -0.2) is 13.8 Å². The lowest BCUT2D eigenvalue weighted by atomic mass is 10.0. The minimum Gasteiger partial charge on any atom is -0.298 e. The molecule has 1 aliphatic rings. The van der Waals surface area contributed by atoms with Gasteiger partial charge in [-0.15, -0.1) is 11.3 Å². The predicted molar refractivity (Wildman–Crippen MR) is 92.8 cm³/mol. The van der Waals surface area contributed by atoms with Crippen molar-refractivity contribution < 1.29 is 13.6 Å². The molecule has 25 heavy (non-hydrogen) atoms. The third kappa shape index (κ3) is 2.83. The minimum atomic E-state index is -0.666. The van der Waals surface area contributed by atoms with Crippen molar-refractivity contribution in [3.63, 3.8) is 0 Å². The fourth-order valence-electron chi connectivity index (χ4n) is 2.77. The molecule has 1 N–H and O–H groups in total. The second kappa shape index (κ2) is 6.18. The smallest absolute Gasteiger partial charge is 0.259 e. The Balaban J connectivity index is 1.73. The van der Waals surface area contributed by atoms with Crippen LogP contribution in [0.25, 0.3) is 0 Å². The zero-order valence-corrected chi connectivity index (χ0v) is 13.6. The van der Waals surface area contributed by atoms with Crippen LogP contribution < -0.4 is 5.32 Å². The number of nitrogens with one attached hydrogen (secondary N) is 1. The number of aliphatic imine (C=N–C) groups is 1. The van der Waals surface area contributed by atoms with E-state index >= 15 is 0 Å². The predicted octanol–water partition coefficient (Wildman–Crippen LogP) is 4.35. The molecule has 4 rings (SSSR count). The largest absolute Gasteiger partial charge is 0.298 e. The number of nitrogens with zero attached hydrogens (tertiary/aromatic N) is 2. The molecule has 0 unspecified atom stereocenters. The third-order valence-electron chi connectivity index (χ3n) is 3.87. The molecular formula is C18H11F2N3OS. The van der Waals surface area contributed by atoms with E-state index in [-0.39, 0.29) is 23.6 Å². The maximum Gasteiger partial charge on any atom is 0.259 e. The van der Waals surface area contributed by atoms with Crippen LogP contribution in [0.5, 0.6) is 0 Å². The highest BCUT2D eigenvalue weighted by Crippen LogP contribution is 2.34. The summed E-state index contributed by atoms with van der Waals surface area (Å²) >= 11 is 1.30. The first kappa shape index (κ1) is 15.6. The summed E-state index contributed by atoms with van der Waals surface area (Å²) in [6.07, 6.45) is 1.86. The fraction of sp³-hybridized carbons (Fsp3) is 0.0556. The van der Waals surface area contributed by atoms with Gasteiger partial charge in [-0.2, -0.15) is 0 Å². The van der Waals surface area contributed by atoms with Gasteiger partial charge in [-0.3, -0.25) is 15.1 Å². The van der Waals surface area contributed by atoms with Crippen LogP contribution in [0, 0.1) is 11.6 Å². The molecule has 2 heterocycles. The van der Waals surface area contributed by atoms with Crippen molar-refractivity contribution in [3.05, 3.63) is 76.3 Å². The summed E-state index contributed by atoms with van der Waals surface area (Å²) in [4.78, 5) is 20.9. The number of amides is 1. The van der Waals surface area contributed by atoms with Crippen LogP contribution in [0.15, 0.2) is 53.0 Å². The number of para-hydroxylation sites is 1. The second-order valence-electron chi connectivity index (χ2n) is 5.44. The Hall–Kier alpha value is -2.93. The van der Waals surface area contributed by atoms with Crippen molar-refractivity contribution in [2.75, 3.05) is 5.32 Å². The number of fused-ring (bicyclic) bond motifs is 1. The van der Waals surface area contributed by atoms with Crippen molar-refractivity contribution >= 4 is 33.8 Å². The molecule has 7 heteroatoms. The van der Waals surface area contributed by atoms with E-state index in [1.807, 2.05) is 0 Å². The van der Waals surface area contributed by atoms with Crippen molar-refractivity contribution in [2.45, 2.75) is 6.42 Å². The number of hydrogen-bond acceptors (Lipinski definition) is 4. The third-order valence-corrected chi connectivity index (χ3v) is 4.56. The number of thiazole rings is 1. The van der Waals surface area contributed by atoms with Crippen LogP contribution in [0.4, 0.5) is 19.6 Å². The topological polar surface area (TPSA) is 54.4 Å². The van der Waals surface area contributed by atoms with Crippen LogP contribution in [0.2, 0.25) is 0 Å². The van der Waals surface area contributed by atoms with Crippen LogP contribution in [0.1, 0.15) is 21.5 Å². The average Bonchev–Trinajstić information content (AvgIpc) is 3.23. The van der Waals surface area contributed by atoms with E-state index in [1.54, 1.807) is 29.8 Å². The molecule has 1 amide bonds. The van der Waals surface area contributed by atoms with Crippen LogP contribution in [0.3, 0.4) is 0 Å². The van der Waals surface area contributed by atoms with Gasteiger partial charge < -0.3 is 0 Å². The van der Waals surface area contributed by atoms with Gasteiger partial charge in [0.25, 0.3) is 5.91 Å². The first-order valence-electron chi connectivity index (χ1n) is 7.48. The standard InChI is InChI=1S/C18H11F2N3OS/c19-12-5-2-6-13(20)15(12)14-9-10-3-1-4-11(16(10)22-14)17(24)23-18-21-7-8-25-18/h1-8H,9H2,(H,21,23,24). The Kier molecular flexibility index (Phi) is 3.85. The summed E-state index contributed by atoms with van der Waals surface area (Å²) in [6.45, 7) is 0. The molecule has 0 spiro atoms. The highest BCUT2D eigenvalue weighted by atomic mass is 32.1. The second-order valence-corrected chi connectivity index (χ2v) is 6.33. The monoisotopic (exact) mass is 355 g/mol. The Morgan fingerprint density at radius 3 is 2.60 bits per heavy atom. The number of halogens is 2. The highest BCUT2D eigenvalue weighted by molar-refractivity contribution is 7.13. The summed E-state index contributed by atoms with van der Waals surface area (Å²) in [5.41, 5.74) is 1.67. The number of carbonyl (C=O) groups excluding carboxylic acids is 1. The van der Waals surface area contributed by atoms with Gasteiger partial charge in [0.1, 0.15) is 11.6 Å². The minimum absolute atomic E-state index is 0.148. The Bertz CT molecular complexity index is 979. The lowest BCUT2D eigenvalue weighted by molar-refractivity contribution is 0.102. The van der Waals surface area contributed by atoms with E-state index in [4.69, 9.17) is 0 Å². The zero-order chi connectivity index (χ0) is 17.4. The maximum absolute atomic E-state index is 14.0. The lowest BCUT2D eigenvalue weighted by Gasteiger charge is -2.05. The average molecular weight is 355 g/mol. The SMILES string of the molecule is O=C(Nc1nccs1)c1cccc2c1N=C(c1c(F)cccc1F)C2. The van der Waals surface area contributed by atoms with Crippen molar-refractivity contribution in [1.82, 2.24) is 4.98 Å². The molecule has 0 aliphatic carbocycles. The van der Waals surface area contributed by atoms with E-state index < -0.39 is 11.6 Å². The molecule has 0 atom stereocenters. The molecule has 0 saturated carbocycles. The van der Waals surface area contributed by atoms with E-state index in [2.05, 4.69) is 15.3 Å². The van der Waals surface area contributed by atoms with Gasteiger partial charge in [0, 0.05) is 18.0 Å². The summed E-state index contributed by atoms with van der Waals surface area (Å²) in [7, 11) is 0. The molecule has 1 aliphatic heterocycles. The van der Waals surface area contributed by atoms with Crippen LogP contribution in [-0.4, -0.2) is 16.6 Å². The first-order valence-corrected chi connectivity index (χ1v) is 8.36. The lowest BCUT2D eigenvalue weighted by Crippen LogP contribution is -2.11. The number of aromatic nitrogens is 1. The molecule has 0 bridgehead atoms. The molecular weight excluding hydrogens is 344 g/mol. The number of carbonyl (C=O) groups is 1. The Morgan fingerprint density at radius 2 is 1.88 bits per heavy atom. The highest BCUT2D eigenvalue weighted by Gasteiger charge is 2.25. The molecule has 0 fully saturated rings. The number of anilines is 1. The van der Waals surface area contributed by atoms with Crippen LogP contribution >= 0.6 is 11.3 Å². The zero-order valence-electron chi connectivity index (χ0n) is 12.8. The Labute approximate surface area is 145 Å². The van der Waals surface area contributed by atoms with E-state index in [0.717, 1.165) is 5.56 Å². The van der Waals surface area contributed by atoms with Crippen LogP contribution in [-0.2, 0) is 6.42 Å². The van der Waals surface area contributed by atoms with E-state index in [9.17, 15) is 13.6 Å². The Morgan fingerprint density at radius 1 is 1.12 bits per heavy atom. The molecule has 124 valence electrons. The number of benzene rings is 2. The number of hydrogen-bond donors (Lipinski definition) is 1. The molecule has 3 aromatic rings. The van der Waals surface area contributed by atoms with Gasteiger partial charge in [-0.05, 0) is 23.8 Å². The molecule has 2 aromatic carbocycles.